The number of fused-ring (bicyclic) bond motifs is 1. The summed E-state index contributed by atoms with van der Waals surface area (Å²) in [5.74, 6) is 1.61. The molecule has 2 heterocycles. The van der Waals surface area contributed by atoms with Crippen LogP contribution < -0.4 is 4.74 Å². The first-order valence-corrected chi connectivity index (χ1v) is 10.6. The van der Waals surface area contributed by atoms with E-state index in [-0.39, 0.29) is 0 Å². The Balaban J connectivity index is 1.46. The van der Waals surface area contributed by atoms with Crippen molar-refractivity contribution in [2.24, 2.45) is 11.8 Å². The monoisotopic (exact) mass is 379 g/mol. The minimum absolute atomic E-state index is 0.336. The molecule has 0 N–H and O–H groups in total. The maximum atomic E-state index is 13.0. The highest BCUT2D eigenvalue weighted by atomic mass is 35.5. The van der Waals surface area contributed by atoms with Crippen LogP contribution in [-0.4, -0.2) is 32.4 Å². The Labute approximate surface area is 154 Å². The molecule has 0 bridgehead atoms. The van der Waals surface area contributed by atoms with Gasteiger partial charge in [0.05, 0.1) is 11.5 Å². The molecule has 1 aromatic carbocycles. The molecule has 1 atom stereocenters. The number of sulfonamides is 1. The van der Waals surface area contributed by atoms with Gasteiger partial charge in [-0.2, -0.15) is 4.31 Å². The summed E-state index contributed by atoms with van der Waals surface area (Å²) in [6.45, 7) is 1.77. The topological polar surface area (TPSA) is 46.6 Å². The molecule has 4 rings (SSSR count). The lowest BCUT2D eigenvalue weighted by atomic mass is 9.83. The zero-order valence-corrected chi connectivity index (χ0v) is 15.6. The molecule has 134 valence electrons. The molecule has 2 aliphatic heterocycles. The predicted molar refractivity (Wildman–Crippen MR) is 98.3 cm³/mol. The molecule has 1 aliphatic carbocycles. The number of rotatable bonds is 3. The second kappa shape index (κ2) is 6.78. The smallest absolute Gasteiger partial charge is 0.243 e. The van der Waals surface area contributed by atoms with Gasteiger partial charge in [0.1, 0.15) is 5.75 Å². The van der Waals surface area contributed by atoms with Crippen LogP contribution in [0.4, 0.5) is 0 Å². The standard InChI is InChI=1S/C19H22ClNO3S/c20-17-3-1-2-15(12-17)14-6-9-21(10-7-14)25(22,23)18-4-5-19-16(13-18)8-11-24-19/h1-2,4-5,12-15H,3,6-11H2. The molecule has 0 saturated carbocycles. The van der Waals surface area contributed by atoms with Gasteiger partial charge in [-0.1, -0.05) is 29.8 Å². The second-order valence-corrected chi connectivity index (χ2v) is 9.36. The molecule has 3 aliphatic rings. The van der Waals surface area contributed by atoms with Gasteiger partial charge < -0.3 is 4.74 Å². The van der Waals surface area contributed by atoms with Crippen molar-refractivity contribution in [1.29, 1.82) is 0 Å². The molecule has 4 nitrogen and oxygen atoms in total. The Kier molecular flexibility index (Phi) is 4.65. The first kappa shape index (κ1) is 17.1. The van der Waals surface area contributed by atoms with E-state index in [1.54, 1.807) is 22.5 Å². The summed E-state index contributed by atoms with van der Waals surface area (Å²) in [5, 5.41) is 0.892. The van der Waals surface area contributed by atoms with Gasteiger partial charge >= 0.3 is 0 Å². The average Bonchev–Trinajstić information content (AvgIpc) is 3.09. The first-order chi connectivity index (χ1) is 12.0. The highest BCUT2D eigenvalue weighted by Gasteiger charge is 2.32. The van der Waals surface area contributed by atoms with Crippen molar-refractivity contribution in [2.45, 2.75) is 30.6 Å². The lowest BCUT2D eigenvalue weighted by molar-refractivity contribution is 0.249. The lowest BCUT2D eigenvalue weighted by Gasteiger charge is -2.34. The Bertz CT molecular complexity index is 823. The highest BCUT2D eigenvalue weighted by molar-refractivity contribution is 7.89. The van der Waals surface area contributed by atoms with Gasteiger partial charge in [0, 0.05) is 31.0 Å². The Morgan fingerprint density at radius 3 is 2.76 bits per heavy atom. The van der Waals surface area contributed by atoms with E-state index in [4.69, 9.17) is 16.3 Å². The minimum Gasteiger partial charge on any atom is -0.493 e. The fourth-order valence-electron chi connectivity index (χ4n) is 3.94. The van der Waals surface area contributed by atoms with Crippen molar-refractivity contribution in [3.8, 4) is 5.75 Å². The zero-order chi connectivity index (χ0) is 17.4. The molecule has 0 radical (unpaired) electrons. The molecule has 1 fully saturated rings. The second-order valence-electron chi connectivity index (χ2n) is 6.93. The fourth-order valence-corrected chi connectivity index (χ4v) is 5.69. The van der Waals surface area contributed by atoms with Gasteiger partial charge in [-0.05, 0) is 48.4 Å². The average molecular weight is 380 g/mol. The molecule has 6 heteroatoms. The summed E-state index contributed by atoms with van der Waals surface area (Å²) in [5.41, 5.74) is 0.989. The van der Waals surface area contributed by atoms with E-state index < -0.39 is 10.0 Å². The molecule has 1 unspecified atom stereocenters. The van der Waals surface area contributed by atoms with Gasteiger partial charge in [-0.15, -0.1) is 0 Å². The lowest BCUT2D eigenvalue weighted by Crippen LogP contribution is -2.39. The van der Waals surface area contributed by atoms with Crippen molar-refractivity contribution < 1.29 is 13.2 Å². The summed E-state index contributed by atoms with van der Waals surface area (Å²) >= 11 is 6.15. The third-order valence-corrected chi connectivity index (χ3v) is 7.56. The van der Waals surface area contributed by atoms with Gasteiger partial charge in [0.2, 0.25) is 10.0 Å². The van der Waals surface area contributed by atoms with E-state index in [0.29, 0.717) is 36.4 Å². The zero-order valence-electron chi connectivity index (χ0n) is 14.0. The minimum atomic E-state index is -3.43. The number of hydrogen-bond acceptors (Lipinski definition) is 3. The maximum absolute atomic E-state index is 13.0. The quantitative estimate of drug-likeness (QED) is 0.752. The third-order valence-electron chi connectivity index (χ3n) is 5.39. The number of allylic oxidation sites excluding steroid dienone is 4. The molecule has 0 spiro atoms. The summed E-state index contributed by atoms with van der Waals surface area (Å²) in [6.07, 6.45) is 9.77. The predicted octanol–water partition coefficient (Wildman–Crippen LogP) is 3.72. The Morgan fingerprint density at radius 1 is 1.20 bits per heavy atom. The Hall–Kier alpha value is -1.30. The summed E-state index contributed by atoms with van der Waals surface area (Å²) < 4.78 is 33.0. The van der Waals surface area contributed by atoms with Gasteiger partial charge in [-0.3, -0.25) is 0 Å². The Morgan fingerprint density at radius 2 is 2.00 bits per heavy atom. The van der Waals surface area contributed by atoms with Crippen LogP contribution in [0, 0.1) is 11.8 Å². The van der Waals surface area contributed by atoms with E-state index in [9.17, 15) is 8.42 Å². The number of halogens is 1. The van der Waals surface area contributed by atoms with Crippen molar-refractivity contribution >= 4 is 21.6 Å². The van der Waals surface area contributed by atoms with Crippen molar-refractivity contribution in [1.82, 2.24) is 4.31 Å². The van der Waals surface area contributed by atoms with Crippen LogP contribution in [0.25, 0.3) is 0 Å². The van der Waals surface area contributed by atoms with E-state index in [1.165, 1.54) is 0 Å². The van der Waals surface area contributed by atoms with Crippen LogP contribution >= 0.6 is 11.6 Å². The molecule has 1 aromatic rings. The molecular weight excluding hydrogens is 358 g/mol. The van der Waals surface area contributed by atoms with E-state index in [0.717, 1.165) is 42.0 Å². The van der Waals surface area contributed by atoms with Crippen molar-refractivity contribution in [3.05, 3.63) is 47.0 Å². The normalized spacial score (nSPS) is 24.7. The van der Waals surface area contributed by atoms with Crippen molar-refractivity contribution in [2.75, 3.05) is 19.7 Å². The van der Waals surface area contributed by atoms with Crippen molar-refractivity contribution in [3.63, 3.8) is 0 Å². The largest absolute Gasteiger partial charge is 0.493 e. The SMILES string of the molecule is O=S(=O)(c1ccc2c(c1)CCO2)N1CCC(C2C=CCC(Cl)=C2)CC1. The van der Waals surface area contributed by atoms with Crippen LogP contribution in [0.5, 0.6) is 5.75 Å². The first-order valence-electron chi connectivity index (χ1n) is 8.83. The van der Waals surface area contributed by atoms with E-state index in [1.807, 2.05) is 0 Å². The van der Waals surface area contributed by atoms with Crippen LogP contribution in [0.3, 0.4) is 0 Å². The molecule has 0 amide bonds. The van der Waals surface area contributed by atoms with E-state index in [2.05, 4.69) is 18.2 Å². The third kappa shape index (κ3) is 3.37. The van der Waals surface area contributed by atoms with Crippen LogP contribution in [0.1, 0.15) is 24.8 Å². The number of piperidine rings is 1. The number of hydrogen-bond donors (Lipinski definition) is 0. The number of nitrogens with zero attached hydrogens (tertiary/aromatic N) is 1. The maximum Gasteiger partial charge on any atom is 0.243 e. The summed E-state index contributed by atoms with van der Waals surface area (Å²) in [7, 11) is -3.43. The molecule has 1 saturated heterocycles. The molecular formula is C19H22ClNO3S. The summed E-state index contributed by atoms with van der Waals surface area (Å²) in [6, 6.07) is 5.22. The van der Waals surface area contributed by atoms with Gasteiger partial charge in [0.15, 0.2) is 0 Å². The fraction of sp³-hybridized carbons (Fsp3) is 0.474. The number of ether oxygens (including phenoxy) is 1. The van der Waals surface area contributed by atoms with Gasteiger partial charge in [0.25, 0.3) is 0 Å². The van der Waals surface area contributed by atoms with Crippen LogP contribution in [-0.2, 0) is 16.4 Å². The number of benzene rings is 1. The van der Waals surface area contributed by atoms with Crippen LogP contribution in [0.15, 0.2) is 46.4 Å². The molecule has 25 heavy (non-hydrogen) atoms. The highest BCUT2D eigenvalue weighted by Crippen LogP contribution is 2.34. The van der Waals surface area contributed by atoms with Crippen LogP contribution in [0.2, 0.25) is 0 Å². The van der Waals surface area contributed by atoms with E-state index >= 15 is 0 Å². The molecule has 0 aromatic heterocycles. The summed E-state index contributed by atoms with van der Waals surface area (Å²) in [4.78, 5) is 0.385. The van der Waals surface area contributed by atoms with Gasteiger partial charge in [-0.25, -0.2) is 8.42 Å².